The number of aromatic nitrogens is 1. The number of halogens is 1. The monoisotopic (exact) mass is 302 g/mol. The molecule has 0 radical (unpaired) electrons. The summed E-state index contributed by atoms with van der Waals surface area (Å²) in [6, 6.07) is 15.9. The van der Waals surface area contributed by atoms with Crippen LogP contribution in [0.25, 0.3) is 10.2 Å². The molecule has 2 N–H and O–H groups in total. The Morgan fingerprint density at radius 2 is 1.85 bits per heavy atom. The number of nitrogens with zero attached hydrogens (tertiary/aromatic N) is 1. The minimum absolute atomic E-state index is 0.446. The molecular formula is C16H15ClN2S. The fraction of sp³-hybridized carbons (Fsp3) is 0.188. The van der Waals surface area contributed by atoms with E-state index >= 15 is 0 Å². The van der Waals surface area contributed by atoms with Crippen LogP contribution in [0.4, 0.5) is 0 Å². The molecule has 2 aromatic carbocycles. The van der Waals surface area contributed by atoms with Crippen LogP contribution < -0.4 is 5.73 Å². The number of benzene rings is 2. The first-order chi connectivity index (χ1) is 9.54. The molecule has 20 heavy (non-hydrogen) atoms. The Morgan fingerprint density at radius 3 is 2.55 bits per heavy atom. The van der Waals surface area contributed by atoms with Crippen LogP contribution >= 0.6 is 22.9 Å². The number of thiazole rings is 1. The second kappa shape index (κ2) is 5.17. The Kier molecular flexibility index (Phi) is 3.50. The van der Waals surface area contributed by atoms with Gasteiger partial charge in [0, 0.05) is 17.0 Å². The van der Waals surface area contributed by atoms with E-state index in [1.54, 1.807) is 11.3 Å². The second-order valence-corrected chi connectivity index (χ2v) is 6.73. The van der Waals surface area contributed by atoms with E-state index in [9.17, 15) is 0 Å². The van der Waals surface area contributed by atoms with Gasteiger partial charge in [0.05, 0.1) is 15.2 Å². The van der Waals surface area contributed by atoms with Gasteiger partial charge in [-0.3, -0.25) is 0 Å². The lowest BCUT2D eigenvalue weighted by Gasteiger charge is -2.24. The molecule has 0 aliphatic rings. The van der Waals surface area contributed by atoms with Crippen LogP contribution in [-0.2, 0) is 12.0 Å². The lowest BCUT2D eigenvalue weighted by molar-refractivity contribution is 0.491. The van der Waals surface area contributed by atoms with Gasteiger partial charge in [0.25, 0.3) is 0 Å². The summed E-state index contributed by atoms with van der Waals surface area (Å²) in [6.45, 7) is 2.03. The zero-order chi connectivity index (χ0) is 14.2. The molecule has 1 atom stereocenters. The number of hydrogen-bond acceptors (Lipinski definition) is 3. The molecule has 102 valence electrons. The highest BCUT2D eigenvalue weighted by molar-refractivity contribution is 7.18. The van der Waals surface area contributed by atoms with E-state index in [1.165, 1.54) is 4.70 Å². The molecule has 1 heterocycles. The van der Waals surface area contributed by atoms with Crippen LogP contribution in [0.3, 0.4) is 0 Å². The van der Waals surface area contributed by atoms with Gasteiger partial charge in [-0.15, -0.1) is 11.3 Å². The Bertz CT molecular complexity index is 699. The van der Waals surface area contributed by atoms with Gasteiger partial charge in [-0.05, 0) is 36.8 Å². The Balaban J connectivity index is 1.90. The number of nitrogens with two attached hydrogens (primary N) is 1. The van der Waals surface area contributed by atoms with Crippen molar-refractivity contribution in [1.29, 1.82) is 0 Å². The van der Waals surface area contributed by atoms with E-state index in [1.807, 2.05) is 49.4 Å². The van der Waals surface area contributed by atoms with Crippen LogP contribution in [0.2, 0.25) is 5.02 Å². The topological polar surface area (TPSA) is 38.9 Å². The molecule has 0 aliphatic heterocycles. The summed E-state index contributed by atoms with van der Waals surface area (Å²) in [5.41, 5.74) is 8.13. The second-order valence-electron chi connectivity index (χ2n) is 5.18. The Labute approximate surface area is 127 Å². The predicted molar refractivity (Wildman–Crippen MR) is 86.3 cm³/mol. The molecule has 4 heteroatoms. The lowest BCUT2D eigenvalue weighted by Crippen LogP contribution is -2.35. The number of rotatable bonds is 3. The van der Waals surface area contributed by atoms with Gasteiger partial charge in [-0.2, -0.15) is 0 Å². The summed E-state index contributed by atoms with van der Waals surface area (Å²) in [5.74, 6) is 0. The standard InChI is InChI=1S/C16H15ClN2S/c1-16(18,11-6-8-12(17)9-7-11)10-15-19-13-4-2-3-5-14(13)20-15/h2-9H,10,18H2,1H3. The molecule has 0 fully saturated rings. The summed E-state index contributed by atoms with van der Waals surface area (Å²) in [5, 5.41) is 1.79. The molecule has 0 amide bonds. The fourth-order valence-electron chi connectivity index (χ4n) is 2.24. The SMILES string of the molecule is CC(N)(Cc1nc2ccccc2s1)c1ccc(Cl)cc1. The van der Waals surface area contributed by atoms with Crippen molar-refractivity contribution in [2.24, 2.45) is 5.73 Å². The summed E-state index contributed by atoms with van der Waals surface area (Å²) in [6.07, 6.45) is 0.716. The van der Waals surface area contributed by atoms with Crippen molar-refractivity contribution in [3.63, 3.8) is 0 Å². The molecular weight excluding hydrogens is 288 g/mol. The zero-order valence-electron chi connectivity index (χ0n) is 11.1. The average Bonchev–Trinajstić information content (AvgIpc) is 2.80. The molecule has 1 aromatic heterocycles. The van der Waals surface area contributed by atoms with Crippen molar-refractivity contribution < 1.29 is 0 Å². The number of hydrogen-bond donors (Lipinski definition) is 1. The molecule has 0 spiro atoms. The zero-order valence-corrected chi connectivity index (χ0v) is 12.7. The van der Waals surface area contributed by atoms with Crippen molar-refractivity contribution in [1.82, 2.24) is 4.98 Å². The van der Waals surface area contributed by atoms with Gasteiger partial charge in [0.1, 0.15) is 0 Å². The molecule has 3 rings (SSSR count). The molecule has 0 saturated carbocycles. The third-order valence-corrected chi connectivity index (χ3v) is 4.65. The summed E-state index contributed by atoms with van der Waals surface area (Å²) in [7, 11) is 0. The first-order valence-electron chi connectivity index (χ1n) is 6.44. The largest absolute Gasteiger partial charge is 0.321 e. The smallest absolute Gasteiger partial charge is 0.0960 e. The molecule has 0 saturated heterocycles. The highest BCUT2D eigenvalue weighted by Crippen LogP contribution is 2.28. The van der Waals surface area contributed by atoms with Crippen LogP contribution in [0.5, 0.6) is 0 Å². The van der Waals surface area contributed by atoms with Crippen molar-refractivity contribution in [2.75, 3.05) is 0 Å². The van der Waals surface area contributed by atoms with Gasteiger partial charge >= 0.3 is 0 Å². The minimum Gasteiger partial charge on any atom is -0.321 e. The normalized spacial score (nSPS) is 14.3. The predicted octanol–water partition coefficient (Wildman–Crippen LogP) is 4.37. The molecule has 2 nitrogen and oxygen atoms in total. The summed E-state index contributed by atoms with van der Waals surface area (Å²) in [4.78, 5) is 4.65. The van der Waals surface area contributed by atoms with Gasteiger partial charge in [0.2, 0.25) is 0 Å². The maximum Gasteiger partial charge on any atom is 0.0960 e. The molecule has 3 aromatic rings. The van der Waals surface area contributed by atoms with E-state index < -0.39 is 5.54 Å². The van der Waals surface area contributed by atoms with E-state index in [-0.39, 0.29) is 0 Å². The van der Waals surface area contributed by atoms with Gasteiger partial charge in [-0.25, -0.2) is 4.98 Å². The third-order valence-electron chi connectivity index (χ3n) is 3.36. The van der Waals surface area contributed by atoms with Crippen LogP contribution in [0.1, 0.15) is 17.5 Å². The third kappa shape index (κ3) is 2.70. The molecule has 0 bridgehead atoms. The van der Waals surface area contributed by atoms with Crippen molar-refractivity contribution >= 4 is 33.2 Å². The van der Waals surface area contributed by atoms with Crippen LogP contribution in [0.15, 0.2) is 48.5 Å². The van der Waals surface area contributed by atoms with E-state index in [4.69, 9.17) is 17.3 Å². The van der Waals surface area contributed by atoms with E-state index in [0.29, 0.717) is 6.42 Å². The highest BCUT2D eigenvalue weighted by Gasteiger charge is 2.23. The highest BCUT2D eigenvalue weighted by atomic mass is 35.5. The summed E-state index contributed by atoms with van der Waals surface area (Å²) >= 11 is 7.63. The van der Waals surface area contributed by atoms with Crippen LogP contribution in [0, 0.1) is 0 Å². The van der Waals surface area contributed by atoms with Gasteiger partial charge in [-0.1, -0.05) is 35.9 Å². The first kappa shape index (κ1) is 13.6. The van der Waals surface area contributed by atoms with Gasteiger partial charge < -0.3 is 5.73 Å². The van der Waals surface area contributed by atoms with Gasteiger partial charge in [0.15, 0.2) is 0 Å². The van der Waals surface area contributed by atoms with E-state index in [0.717, 1.165) is 21.1 Å². The number of para-hydroxylation sites is 1. The van der Waals surface area contributed by atoms with Crippen molar-refractivity contribution in [2.45, 2.75) is 18.9 Å². The number of fused-ring (bicyclic) bond motifs is 1. The Hall–Kier alpha value is -1.42. The summed E-state index contributed by atoms with van der Waals surface area (Å²) < 4.78 is 1.20. The Morgan fingerprint density at radius 1 is 1.15 bits per heavy atom. The quantitative estimate of drug-likeness (QED) is 0.780. The minimum atomic E-state index is -0.446. The first-order valence-corrected chi connectivity index (χ1v) is 7.63. The van der Waals surface area contributed by atoms with Crippen molar-refractivity contribution in [3.05, 3.63) is 64.1 Å². The maximum atomic E-state index is 6.47. The molecule has 1 unspecified atom stereocenters. The van der Waals surface area contributed by atoms with E-state index in [2.05, 4.69) is 11.1 Å². The molecule has 0 aliphatic carbocycles. The maximum absolute atomic E-state index is 6.47. The average molecular weight is 303 g/mol. The van der Waals surface area contributed by atoms with Crippen LogP contribution in [-0.4, -0.2) is 4.98 Å². The van der Waals surface area contributed by atoms with Crippen molar-refractivity contribution in [3.8, 4) is 0 Å². The fourth-order valence-corrected chi connectivity index (χ4v) is 3.50. The lowest BCUT2D eigenvalue weighted by atomic mass is 9.90.